The van der Waals surface area contributed by atoms with Crippen molar-refractivity contribution in [3.05, 3.63) is 35.4 Å². The average molecular weight is 270 g/mol. The Morgan fingerprint density at radius 2 is 2.00 bits per heavy atom. The maximum absolute atomic E-state index is 12.4. The minimum atomic E-state index is 0.184. The van der Waals surface area contributed by atoms with Crippen molar-refractivity contribution in [1.82, 2.24) is 4.90 Å². The van der Waals surface area contributed by atoms with Gasteiger partial charge in [-0.25, -0.2) is 0 Å². The van der Waals surface area contributed by atoms with Gasteiger partial charge in [-0.05, 0) is 49.8 Å². The molecule has 2 atom stereocenters. The van der Waals surface area contributed by atoms with Crippen molar-refractivity contribution in [3.8, 4) is 6.07 Å². The zero-order valence-corrected chi connectivity index (χ0v) is 12.5. The fourth-order valence-electron chi connectivity index (χ4n) is 2.48. The molecule has 0 unspecified atom stereocenters. The second-order valence-corrected chi connectivity index (χ2v) is 6.10. The summed E-state index contributed by atoms with van der Waals surface area (Å²) in [5, 5.41) is 8.78. The van der Waals surface area contributed by atoms with Crippen LogP contribution in [0.1, 0.15) is 38.3 Å². The number of carbonyl (C=O) groups is 1. The third-order valence-corrected chi connectivity index (χ3v) is 4.09. The van der Waals surface area contributed by atoms with Crippen LogP contribution < -0.4 is 0 Å². The highest BCUT2D eigenvalue weighted by Crippen LogP contribution is 2.38. The average Bonchev–Trinajstić information content (AvgIpc) is 3.12. The van der Waals surface area contributed by atoms with Crippen molar-refractivity contribution in [2.24, 2.45) is 11.8 Å². The summed E-state index contributed by atoms with van der Waals surface area (Å²) in [7, 11) is 0. The van der Waals surface area contributed by atoms with E-state index >= 15 is 0 Å². The highest BCUT2D eigenvalue weighted by Gasteiger charge is 2.35. The van der Waals surface area contributed by atoms with Crippen LogP contribution in [0.4, 0.5) is 0 Å². The van der Waals surface area contributed by atoms with Crippen LogP contribution in [0, 0.1) is 23.2 Å². The first-order valence-corrected chi connectivity index (χ1v) is 7.29. The van der Waals surface area contributed by atoms with E-state index in [4.69, 9.17) is 5.26 Å². The molecule has 1 aromatic carbocycles. The number of rotatable bonds is 5. The van der Waals surface area contributed by atoms with Crippen LogP contribution in [0.3, 0.4) is 0 Å². The molecular formula is C17H22N2O. The summed E-state index contributed by atoms with van der Waals surface area (Å²) in [5.74, 6) is 1.63. The number of carbonyl (C=O) groups excluding carboxylic acids is 1. The van der Waals surface area contributed by atoms with Crippen molar-refractivity contribution >= 4 is 5.91 Å². The normalized spacial score (nSPS) is 20.6. The van der Waals surface area contributed by atoms with E-state index in [0.717, 1.165) is 18.0 Å². The molecule has 0 aromatic heterocycles. The molecule has 3 nitrogen and oxygen atoms in total. The summed E-state index contributed by atoms with van der Waals surface area (Å²) >= 11 is 0. The molecule has 2 rings (SSSR count). The minimum Gasteiger partial charge on any atom is -0.340 e. The standard InChI is InChI=1S/C17H22N2O/c1-12(2)19(11-16-8-13(16)3)17(20)9-14-4-6-15(10-18)7-5-14/h4-7,12-13,16H,8-9,11H2,1-3H3/t13-,16-/m0/s1. The van der Waals surface area contributed by atoms with Gasteiger partial charge in [0.05, 0.1) is 18.1 Å². The van der Waals surface area contributed by atoms with E-state index < -0.39 is 0 Å². The summed E-state index contributed by atoms with van der Waals surface area (Å²) in [5.41, 5.74) is 1.61. The van der Waals surface area contributed by atoms with Gasteiger partial charge in [0.2, 0.25) is 5.91 Å². The molecule has 0 heterocycles. The van der Waals surface area contributed by atoms with Gasteiger partial charge in [0, 0.05) is 12.6 Å². The lowest BCUT2D eigenvalue weighted by Gasteiger charge is -2.27. The van der Waals surface area contributed by atoms with Crippen LogP contribution in [0.25, 0.3) is 0 Å². The number of hydrogen-bond donors (Lipinski definition) is 0. The van der Waals surface area contributed by atoms with E-state index in [1.807, 2.05) is 17.0 Å². The van der Waals surface area contributed by atoms with Crippen LogP contribution in [0.5, 0.6) is 0 Å². The lowest BCUT2D eigenvalue weighted by molar-refractivity contribution is -0.132. The minimum absolute atomic E-state index is 0.184. The van der Waals surface area contributed by atoms with E-state index in [2.05, 4.69) is 26.8 Å². The Labute approximate surface area is 121 Å². The van der Waals surface area contributed by atoms with Gasteiger partial charge < -0.3 is 4.90 Å². The van der Waals surface area contributed by atoms with E-state index in [9.17, 15) is 4.79 Å². The smallest absolute Gasteiger partial charge is 0.227 e. The molecule has 106 valence electrons. The van der Waals surface area contributed by atoms with Gasteiger partial charge in [0.15, 0.2) is 0 Å². The van der Waals surface area contributed by atoms with E-state index in [1.54, 1.807) is 12.1 Å². The van der Waals surface area contributed by atoms with Gasteiger partial charge in [0.1, 0.15) is 0 Å². The second kappa shape index (κ2) is 6.09. The fraction of sp³-hybridized carbons (Fsp3) is 0.529. The van der Waals surface area contributed by atoms with Crippen molar-refractivity contribution < 1.29 is 4.79 Å². The molecule has 0 radical (unpaired) electrons. The topological polar surface area (TPSA) is 44.1 Å². The molecule has 0 saturated heterocycles. The van der Waals surface area contributed by atoms with Crippen molar-refractivity contribution in [2.75, 3.05) is 6.54 Å². The lowest BCUT2D eigenvalue weighted by atomic mass is 10.1. The van der Waals surface area contributed by atoms with E-state index in [1.165, 1.54) is 6.42 Å². The van der Waals surface area contributed by atoms with Crippen LogP contribution >= 0.6 is 0 Å². The van der Waals surface area contributed by atoms with Crippen LogP contribution in [-0.2, 0) is 11.2 Å². The highest BCUT2D eigenvalue weighted by atomic mass is 16.2. The molecule has 0 spiro atoms. The molecule has 1 aromatic rings. The van der Waals surface area contributed by atoms with Crippen molar-refractivity contribution in [2.45, 2.75) is 39.7 Å². The van der Waals surface area contributed by atoms with Gasteiger partial charge >= 0.3 is 0 Å². The molecule has 3 heteroatoms. The fourth-order valence-corrected chi connectivity index (χ4v) is 2.48. The molecule has 20 heavy (non-hydrogen) atoms. The molecule has 1 aliphatic carbocycles. The summed E-state index contributed by atoms with van der Waals surface area (Å²) in [6.45, 7) is 7.27. The van der Waals surface area contributed by atoms with Crippen molar-refractivity contribution in [1.29, 1.82) is 5.26 Å². The van der Waals surface area contributed by atoms with E-state index in [0.29, 0.717) is 17.9 Å². The molecule has 0 aliphatic heterocycles. The molecule has 0 N–H and O–H groups in total. The van der Waals surface area contributed by atoms with Gasteiger partial charge in [-0.15, -0.1) is 0 Å². The zero-order valence-electron chi connectivity index (χ0n) is 12.5. The summed E-state index contributed by atoms with van der Waals surface area (Å²) in [4.78, 5) is 14.4. The Bertz CT molecular complexity index is 513. The van der Waals surface area contributed by atoms with Crippen molar-refractivity contribution in [3.63, 3.8) is 0 Å². The van der Waals surface area contributed by atoms with Crippen LogP contribution in [0.2, 0.25) is 0 Å². The highest BCUT2D eigenvalue weighted by molar-refractivity contribution is 5.79. The van der Waals surface area contributed by atoms with Gasteiger partial charge in [-0.1, -0.05) is 19.1 Å². The Morgan fingerprint density at radius 3 is 2.45 bits per heavy atom. The maximum Gasteiger partial charge on any atom is 0.227 e. The van der Waals surface area contributed by atoms with Crippen LogP contribution in [0.15, 0.2) is 24.3 Å². The number of nitrogens with zero attached hydrogens (tertiary/aromatic N) is 2. The lowest BCUT2D eigenvalue weighted by Crippen LogP contribution is -2.39. The SMILES string of the molecule is CC(C)N(C[C@@H]1C[C@@H]1C)C(=O)Cc1ccc(C#N)cc1. The summed E-state index contributed by atoms with van der Waals surface area (Å²) in [6, 6.07) is 9.61. The maximum atomic E-state index is 12.4. The second-order valence-electron chi connectivity index (χ2n) is 6.10. The third kappa shape index (κ3) is 3.60. The van der Waals surface area contributed by atoms with Gasteiger partial charge in [0.25, 0.3) is 0 Å². The quantitative estimate of drug-likeness (QED) is 0.825. The molecule has 1 saturated carbocycles. The predicted octanol–water partition coefficient (Wildman–Crippen LogP) is 2.99. The first-order chi connectivity index (χ1) is 9.51. The Balaban J connectivity index is 1.98. The molecule has 0 bridgehead atoms. The monoisotopic (exact) mass is 270 g/mol. The summed E-state index contributed by atoms with van der Waals surface area (Å²) in [6.07, 6.45) is 1.67. The summed E-state index contributed by atoms with van der Waals surface area (Å²) < 4.78 is 0. The third-order valence-electron chi connectivity index (χ3n) is 4.09. The Hall–Kier alpha value is -1.82. The largest absolute Gasteiger partial charge is 0.340 e. The van der Waals surface area contributed by atoms with Gasteiger partial charge in [-0.2, -0.15) is 5.26 Å². The number of amides is 1. The predicted molar refractivity (Wildman–Crippen MR) is 79.0 cm³/mol. The Kier molecular flexibility index (Phi) is 4.44. The molecule has 1 amide bonds. The first kappa shape index (κ1) is 14.6. The molecular weight excluding hydrogens is 248 g/mol. The van der Waals surface area contributed by atoms with E-state index in [-0.39, 0.29) is 11.9 Å². The first-order valence-electron chi connectivity index (χ1n) is 7.29. The number of hydrogen-bond acceptors (Lipinski definition) is 2. The molecule has 1 aliphatic rings. The number of nitriles is 1. The van der Waals surface area contributed by atoms with Crippen LogP contribution in [-0.4, -0.2) is 23.4 Å². The van der Waals surface area contributed by atoms with Gasteiger partial charge in [-0.3, -0.25) is 4.79 Å². The number of benzene rings is 1. The Morgan fingerprint density at radius 1 is 1.40 bits per heavy atom. The molecule has 1 fully saturated rings. The zero-order chi connectivity index (χ0) is 14.7.